The topological polar surface area (TPSA) is 68.3 Å². The summed E-state index contributed by atoms with van der Waals surface area (Å²) in [5.74, 6) is 0.0522. The van der Waals surface area contributed by atoms with Gasteiger partial charge < -0.3 is 14.0 Å². The Balaban J connectivity index is 2.00. The van der Waals surface area contributed by atoms with Crippen molar-refractivity contribution in [1.29, 1.82) is 5.26 Å². The van der Waals surface area contributed by atoms with Gasteiger partial charge in [0.15, 0.2) is 17.3 Å². The molecule has 0 aliphatic heterocycles. The summed E-state index contributed by atoms with van der Waals surface area (Å²) in [6.45, 7) is 0.397. The molecule has 0 spiro atoms. The molecule has 0 atom stereocenters. The summed E-state index contributed by atoms with van der Waals surface area (Å²) in [7, 11) is 1.55. The van der Waals surface area contributed by atoms with Gasteiger partial charge in [0.25, 0.3) is 0 Å². The second-order valence-electron chi connectivity index (χ2n) is 3.76. The zero-order valence-electron chi connectivity index (χ0n) is 10.2. The zero-order valence-corrected chi connectivity index (χ0v) is 10.2. The molecule has 1 aromatic carbocycles. The van der Waals surface area contributed by atoms with Gasteiger partial charge in [-0.2, -0.15) is 5.26 Å². The van der Waals surface area contributed by atoms with Gasteiger partial charge in [-0.3, -0.25) is 0 Å². The lowest BCUT2D eigenvalue weighted by atomic mass is 10.2. The number of benzene rings is 1. The Kier molecular flexibility index (Phi) is 4.11. The van der Waals surface area contributed by atoms with Crippen LogP contribution in [0.15, 0.2) is 28.8 Å². The lowest BCUT2D eigenvalue weighted by molar-refractivity contribution is 0.155. The first-order valence-corrected chi connectivity index (χ1v) is 5.49. The Morgan fingerprint density at radius 3 is 2.89 bits per heavy atom. The Labute approximate surface area is 109 Å². The van der Waals surface area contributed by atoms with Crippen molar-refractivity contribution >= 4 is 0 Å². The van der Waals surface area contributed by atoms with Gasteiger partial charge in [0.2, 0.25) is 0 Å². The number of hydrogen-bond acceptors (Lipinski definition) is 5. The van der Waals surface area contributed by atoms with Crippen molar-refractivity contribution in [2.24, 2.45) is 0 Å². The number of rotatable bonds is 5. The number of methoxy groups -OCH3 is 1. The summed E-state index contributed by atoms with van der Waals surface area (Å²) in [5, 5.41) is 12.4. The van der Waals surface area contributed by atoms with Crippen LogP contribution >= 0.6 is 0 Å². The molecule has 0 aliphatic rings. The van der Waals surface area contributed by atoms with E-state index in [1.165, 1.54) is 12.1 Å². The number of nitrogens with zero attached hydrogens (tertiary/aromatic N) is 2. The molecule has 0 N–H and O–H groups in total. The molecule has 0 saturated heterocycles. The predicted molar refractivity (Wildman–Crippen MR) is 62.7 cm³/mol. The molecule has 0 fully saturated rings. The van der Waals surface area contributed by atoms with E-state index in [2.05, 4.69) is 5.16 Å². The van der Waals surface area contributed by atoms with Crippen molar-refractivity contribution in [3.05, 3.63) is 47.1 Å². The van der Waals surface area contributed by atoms with Crippen molar-refractivity contribution < 1.29 is 18.4 Å². The maximum absolute atomic E-state index is 13.5. The molecule has 19 heavy (non-hydrogen) atoms. The highest BCUT2D eigenvalue weighted by Gasteiger charge is 2.08. The molecule has 0 amide bonds. The highest BCUT2D eigenvalue weighted by molar-refractivity contribution is 5.36. The molecule has 0 saturated carbocycles. The maximum Gasteiger partial charge on any atom is 0.166 e. The van der Waals surface area contributed by atoms with Gasteiger partial charge in [0.05, 0.1) is 11.6 Å². The predicted octanol–water partition coefficient (Wildman–Crippen LogP) is 2.41. The summed E-state index contributed by atoms with van der Waals surface area (Å²) in [5.41, 5.74) is 0.782. The molecular formula is C13H11FN2O3. The van der Waals surface area contributed by atoms with E-state index < -0.39 is 5.82 Å². The third-order valence-electron chi connectivity index (χ3n) is 2.33. The number of aromatic nitrogens is 1. The SMILES string of the molecule is COCc1cc(COc2ccc(C#N)cc2F)no1. The van der Waals surface area contributed by atoms with Crippen LogP contribution in [0.25, 0.3) is 0 Å². The Bertz CT molecular complexity index is 604. The van der Waals surface area contributed by atoms with E-state index in [4.69, 9.17) is 19.3 Å². The Hall–Kier alpha value is -2.39. The Morgan fingerprint density at radius 1 is 1.37 bits per heavy atom. The molecule has 2 rings (SSSR count). The molecule has 2 aromatic rings. The van der Waals surface area contributed by atoms with Crippen LogP contribution in [0, 0.1) is 17.1 Å². The van der Waals surface area contributed by atoms with Crippen LogP contribution < -0.4 is 4.74 Å². The van der Waals surface area contributed by atoms with Crippen molar-refractivity contribution in [3.63, 3.8) is 0 Å². The van der Waals surface area contributed by atoms with Crippen LogP contribution in [0.1, 0.15) is 17.0 Å². The van der Waals surface area contributed by atoms with E-state index in [9.17, 15) is 4.39 Å². The molecule has 5 nitrogen and oxygen atoms in total. The monoisotopic (exact) mass is 262 g/mol. The first-order valence-electron chi connectivity index (χ1n) is 5.49. The summed E-state index contributed by atoms with van der Waals surface area (Å²) in [6.07, 6.45) is 0. The number of hydrogen-bond donors (Lipinski definition) is 0. The lowest BCUT2D eigenvalue weighted by Gasteiger charge is -2.04. The van der Waals surface area contributed by atoms with Crippen molar-refractivity contribution in [1.82, 2.24) is 5.16 Å². The Morgan fingerprint density at radius 2 is 2.21 bits per heavy atom. The molecule has 6 heteroatoms. The summed E-state index contributed by atoms with van der Waals surface area (Å²) >= 11 is 0. The fourth-order valence-corrected chi connectivity index (χ4v) is 1.47. The quantitative estimate of drug-likeness (QED) is 0.827. The minimum absolute atomic E-state index is 0.0651. The molecule has 1 aromatic heterocycles. The highest BCUT2D eigenvalue weighted by Crippen LogP contribution is 2.19. The molecular weight excluding hydrogens is 251 g/mol. The normalized spacial score (nSPS) is 10.2. The fraction of sp³-hybridized carbons (Fsp3) is 0.231. The third-order valence-corrected chi connectivity index (χ3v) is 2.33. The van der Waals surface area contributed by atoms with Crippen LogP contribution in [0.3, 0.4) is 0 Å². The van der Waals surface area contributed by atoms with E-state index in [0.29, 0.717) is 18.1 Å². The van der Waals surface area contributed by atoms with E-state index >= 15 is 0 Å². The molecule has 0 unspecified atom stereocenters. The zero-order chi connectivity index (χ0) is 13.7. The van der Waals surface area contributed by atoms with Crippen molar-refractivity contribution in [3.8, 4) is 11.8 Å². The fourth-order valence-electron chi connectivity index (χ4n) is 1.47. The van der Waals surface area contributed by atoms with Gasteiger partial charge in [0, 0.05) is 13.2 Å². The third kappa shape index (κ3) is 3.30. The summed E-state index contributed by atoms with van der Waals surface area (Å²) in [4.78, 5) is 0. The average molecular weight is 262 g/mol. The van der Waals surface area contributed by atoms with Gasteiger partial charge >= 0.3 is 0 Å². The molecule has 98 valence electrons. The minimum Gasteiger partial charge on any atom is -0.484 e. The lowest BCUT2D eigenvalue weighted by Crippen LogP contribution is -1.97. The first-order chi connectivity index (χ1) is 9.22. The van der Waals surface area contributed by atoms with E-state index in [1.807, 2.05) is 6.07 Å². The standard InChI is InChI=1S/C13H11FN2O3/c1-17-8-11-5-10(16-19-11)7-18-13-3-2-9(6-15)4-12(13)14/h2-5H,7-8H2,1H3. The van der Waals surface area contributed by atoms with Crippen LogP contribution in [0.5, 0.6) is 5.75 Å². The van der Waals surface area contributed by atoms with Gasteiger partial charge in [-0.1, -0.05) is 5.16 Å². The number of nitriles is 1. The van der Waals surface area contributed by atoms with Gasteiger partial charge in [-0.25, -0.2) is 4.39 Å². The molecule has 0 radical (unpaired) electrons. The number of ether oxygens (including phenoxy) is 2. The van der Waals surface area contributed by atoms with Crippen LogP contribution in [0.4, 0.5) is 4.39 Å². The van der Waals surface area contributed by atoms with Crippen LogP contribution in [-0.4, -0.2) is 12.3 Å². The van der Waals surface area contributed by atoms with Crippen molar-refractivity contribution in [2.75, 3.05) is 7.11 Å². The first kappa shape index (κ1) is 13.1. The van der Waals surface area contributed by atoms with Gasteiger partial charge in [-0.15, -0.1) is 0 Å². The molecule has 0 aliphatic carbocycles. The van der Waals surface area contributed by atoms with Crippen molar-refractivity contribution in [2.45, 2.75) is 13.2 Å². The molecule has 1 heterocycles. The smallest absolute Gasteiger partial charge is 0.166 e. The van der Waals surface area contributed by atoms with Gasteiger partial charge in [0.1, 0.15) is 18.9 Å². The van der Waals surface area contributed by atoms with E-state index in [-0.39, 0.29) is 17.9 Å². The van der Waals surface area contributed by atoms with Crippen LogP contribution in [0.2, 0.25) is 0 Å². The summed E-state index contributed by atoms with van der Waals surface area (Å²) in [6, 6.07) is 7.53. The van der Waals surface area contributed by atoms with E-state index in [0.717, 1.165) is 6.07 Å². The summed E-state index contributed by atoms with van der Waals surface area (Å²) < 4.78 is 28.6. The van der Waals surface area contributed by atoms with Gasteiger partial charge in [-0.05, 0) is 18.2 Å². The molecule has 0 bridgehead atoms. The minimum atomic E-state index is -0.584. The largest absolute Gasteiger partial charge is 0.484 e. The second-order valence-corrected chi connectivity index (χ2v) is 3.76. The maximum atomic E-state index is 13.5. The average Bonchev–Trinajstić information content (AvgIpc) is 2.85. The highest BCUT2D eigenvalue weighted by atomic mass is 19.1. The van der Waals surface area contributed by atoms with Crippen LogP contribution in [-0.2, 0) is 18.0 Å². The second kappa shape index (κ2) is 5.98. The van der Waals surface area contributed by atoms with E-state index in [1.54, 1.807) is 13.2 Å². The number of halogens is 1.